The molecule has 0 amide bonds. The molecule has 4 aliphatic rings. The van der Waals surface area contributed by atoms with Crippen LogP contribution < -0.4 is 0 Å². The summed E-state index contributed by atoms with van der Waals surface area (Å²) in [5.41, 5.74) is 0. The summed E-state index contributed by atoms with van der Waals surface area (Å²) in [7, 11) is 0. The van der Waals surface area contributed by atoms with E-state index in [0.717, 1.165) is 51.4 Å². The molecule has 0 N–H and O–H groups in total. The Morgan fingerprint density at radius 2 is 1.38 bits per heavy atom. The molecule has 2 saturated carbocycles. The molecule has 2 heterocycles. The number of carbonyl (C=O) groups excluding carboxylic acids is 1. The zero-order valence-electron chi connectivity index (χ0n) is 15.6. The quantitative estimate of drug-likeness (QED) is 0.349. The monoisotopic (exact) mass is 480 g/mol. The van der Waals surface area contributed by atoms with Crippen LogP contribution in [0.4, 0.5) is 0 Å². The Balaban J connectivity index is 1.49. The van der Waals surface area contributed by atoms with Crippen molar-refractivity contribution in [3.8, 4) is 0 Å². The molecule has 0 bridgehead atoms. The van der Waals surface area contributed by atoms with Crippen molar-refractivity contribution in [2.75, 3.05) is 13.2 Å². The van der Waals surface area contributed by atoms with Crippen molar-refractivity contribution in [3.63, 3.8) is 0 Å². The van der Waals surface area contributed by atoms with E-state index in [0.29, 0.717) is 13.2 Å². The molecule has 2 spiro atoms. The molecule has 6 nitrogen and oxygen atoms in total. The topological polar surface area (TPSA) is 63.2 Å². The van der Waals surface area contributed by atoms with Crippen LogP contribution in [0.3, 0.4) is 0 Å². The fourth-order valence-corrected chi connectivity index (χ4v) is 4.61. The lowest BCUT2D eigenvalue weighted by atomic mass is 10.1. The van der Waals surface area contributed by atoms with Crippen molar-refractivity contribution in [3.05, 3.63) is 0 Å². The number of carbonyl (C=O) groups is 1. The molecular formula is C19H29IO6. The van der Waals surface area contributed by atoms with Gasteiger partial charge in [-0.2, -0.15) is 0 Å². The smallest absolute Gasteiger partial charge is 0.321 e. The molecule has 2 atom stereocenters. The second-order valence-electron chi connectivity index (χ2n) is 8.51. The van der Waals surface area contributed by atoms with Crippen LogP contribution in [0.2, 0.25) is 0 Å². The van der Waals surface area contributed by atoms with Crippen molar-refractivity contribution in [2.45, 2.75) is 98.5 Å². The van der Waals surface area contributed by atoms with Gasteiger partial charge in [-0.15, -0.1) is 0 Å². The Morgan fingerprint density at radius 1 is 0.962 bits per heavy atom. The van der Waals surface area contributed by atoms with Gasteiger partial charge in [0.05, 0.1) is 13.2 Å². The van der Waals surface area contributed by atoms with Gasteiger partial charge in [0, 0.05) is 25.7 Å². The number of alkyl halides is 1. The first kappa shape index (κ1) is 19.4. The van der Waals surface area contributed by atoms with Crippen LogP contribution in [0.1, 0.15) is 65.2 Å². The van der Waals surface area contributed by atoms with Gasteiger partial charge in [0.15, 0.2) is 17.7 Å². The van der Waals surface area contributed by atoms with E-state index < -0.39 is 21.1 Å². The minimum atomic E-state index is -0.606. The molecule has 0 aromatic rings. The molecule has 26 heavy (non-hydrogen) atoms. The summed E-state index contributed by atoms with van der Waals surface area (Å²) < 4.78 is 30.0. The van der Waals surface area contributed by atoms with Crippen molar-refractivity contribution in [1.29, 1.82) is 0 Å². The van der Waals surface area contributed by atoms with Gasteiger partial charge in [-0.1, -0.05) is 22.6 Å². The van der Waals surface area contributed by atoms with Gasteiger partial charge < -0.3 is 23.7 Å². The van der Waals surface area contributed by atoms with Crippen molar-refractivity contribution in [1.82, 2.24) is 0 Å². The SMILES string of the molecule is CC(C)(I)C(=O)OC(C1COC2(CCCC2)O1)C1COC2(CCCC2)O1. The Bertz CT molecular complexity index is 499. The van der Waals surface area contributed by atoms with Crippen molar-refractivity contribution in [2.24, 2.45) is 0 Å². The lowest BCUT2D eigenvalue weighted by Crippen LogP contribution is -2.47. The van der Waals surface area contributed by atoms with E-state index in [1.54, 1.807) is 0 Å². The number of esters is 1. The van der Waals surface area contributed by atoms with Gasteiger partial charge in [-0.05, 0) is 39.5 Å². The third-order valence-electron chi connectivity index (χ3n) is 5.95. The number of halogens is 1. The number of ether oxygens (including phenoxy) is 5. The standard InChI is InChI=1S/C19H29IO6/c1-17(2,20)16(21)24-15(13-11-22-18(25-13)7-3-4-8-18)14-12-23-19(26-14)9-5-6-10-19/h13-15H,3-12H2,1-2H3. The average molecular weight is 480 g/mol. The predicted molar refractivity (Wildman–Crippen MR) is 102 cm³/mol. The van der Waals surface area contributed by atoms with Gasteiger partial charge in [-0.25, -0.2) is 0 Å². The molecule has 148 valence electrons. The largest absolute Gasteiger partial charge is 0.456 e. The van der Waals surface area contributed by atoms with Crippen LogP contribution in [0, 0.1) is 0 Å². The summed E-state index contributed by atoms with van der Waals surface area (Å²) >= 11 is 2.11. The summed E-state index contributed by atoms with van der Waals surface area (Å²) in [6.07, 6.45) is 6.99. The van der Waals surface area contributed by atoms with E-state index in [1.165, 1.54) is 0 Å². The highest BCUT2D eigenvalue weighted by molar-refractivity contribution is 14.1. The van der Waals surface area contributed by atoms with Crippen molar-refractivity contribution < 1.29 is 28.5 Å². The Labute approximate surface area is 168 Å². The Hall–Kier alpha value is 0.0400. The third-order valence-corrected chi connectivity index (χ3v) is 6.39. The summed E-state index contributed by atoms with van der Waals surface area (Å²) in [6, 6.07) is 0. The van der Waals surface area contributed by atoms with Crippen molar-refractivity contribution >= 4 is 28.6 Å². The Morgan fingerprint density at radius 3 is 1.77 bits per heavy atom. The minimum Gasteiger partial charge on any atom is -0.456 e. The van der Waals surface area contributed by atoms with Crippen LogP contribution in [-0.2, 0) is 28.5 Å². The van der Waals surface area contributed by atoms with E-state index >= 15 is 0 Å². The van der Waals surface area contributed by atoms with E-state index in [-0.39, 0.29) is 18.2 Å². The summed E-state index contributed by atoms with van der Waals surface area (Å²) in [5, 5.41) is 0. The summed E-state index contributed by atoms with van der Waals surface area (Å²) in [6.45, 7) is 4.57. The van der Waals surface area contributed by atoms with E-state index in [4.69, 9.17) is 23.7 Å². The lowest BCUT2D eigenvalue weighted by Gasteiger charge is -2.31. The summed E-state index contributed by atoms with van der Waals surface area (Å²) in [4.78, 5) is 12.6. The molecule has 0 radical (unpaired) electrons. The molecule has 2 aliphatic heterocycles. The highest BCUT2D eigenvalue weighted by Crippen LogP contribution is 2.44. The molecule has 2 unspecified atom stereocenters. The van der Waals surface area contributed by atoms with Crippen LogP contribution in [0.15, 0.2) is 0 Å². The molecule has 7 heteroatoms. The van der Waals surface area contributed by atoms with Crippen LogP contribution in [0.5, 0.6) is 0 Å². The molecule has 4 rings (SSSR count). The fourth-order valence-electron chi connectivity index (χ4n) is 4.49. The maximum Gasteiger partial charge on any atom is 0.321 e. The first-order valence-electron chi connectivity index (χ1n) is 9.85. The lowest BCUT2D eigenvalue weighted by molar-refractivity contribution is -0.207. The van der Waals surface area contributed by atoms with Gasteiger partial charge >= 0.3 is 5.97 Å². The van der Waals surface area contributed by atoms with Gasteiger partial charge in [0.2, 0.25) is 0 Å². The van der Waals surface area contributed by atoms with Gasteiger partial charge in [0.1, 0.15) is 15.6 Å². The second kappa shape index (κ2) is 7.13. The fraction of sp³-hybridized carbons (Fsp3) is 0.947. The van der Waals surface area contributed by atoms with Gasteiger partial charge in [-0.3, -0.25) is 4.79 Å². The zero-order valence-corrected chi connectivity index (χ0v) is 17.8. The molecule has 0 aromatic heterocycles. The minimum absolute atomic E-state index is 0.255. The zero-order chi connectivity index (χ0) is 18.4. The van der Waals surface area contributed by atoms with E-state index in [9.17, 15) is 4.79 Å². The number of rotatable bonds is 4. The normalized spacial score (nSPS) is 34.0. The molecule has 2 saturated heterocycles. The molecule has 0 aromatic carbocycles. The molecule has 4 fully saturated rings. The van der Waals surface area contributed by atoms with E-state index in [1.807, 2.05) is 13.8 Å². The maximum absolute atomic E-state index is 12.6. The van der Waals surface area contributed by atoms with Crippen LogP contribution in [0.25, 0.3) is 0 Å². The Kier molecular flexibility index (Phi) is 5.31. The van der Waals surface area contributed by atoms with Gasteiger partial charge in [0.25, 0.3) is 0 Å². The third kappa shape index (κ3) is 3.79. The summed E-state index contributed by atoms with van der Waals surface area (Å²) in [5.74, 6) is -1.23. The first-order valence-corrected chi connectivity index (χ1v) is 10.9. The van der Waals surface area contributed by atoms with E-state index in [2.05, 4.69) is 22.6 Å². The number of hydrogen-bond acceptors (Lipinski definition) is 6. The average Bonchev–Trinajstić information content (AvgIpc) is 3.37. The van der Waals surface area contributed by atoms with Crippen LogP contribution >= 0.6 is 22.6 Å². The predicted octanol–water partition coefficient (Wildman–Crippen LogP) is 3.48. The highest BCUT2D eigenvalue weighted by Gasteiger charge is 2.53. The second-order valence-corrected chi connectivity index (χ2v) is 11.2. The first-order chi connectivity index (χ1) is 12.3. The number of hydrogen-bond donors (Lipinski definition) is 0. The van der Waals surface area contributed by atoms with Crippen LogP contribution in [-0.4, -0.2) is 52.5 Å². The highest BCUT2D eigenvalue weighted by atomic mass is 127. The molecular weight excluding hydrogens is 451 g/mol. The molecule has 2 aliphatic carbocycles. The maximum atomic E-state index is 12.6.